The minimum absolute atomic E-state index is 0.0791. The molecule has 0 aliphatic carbocycles. The second-order valence-electron chi connectivity index (χ2n) is 20.3. The summed E-state index contributed by atoms with van der Waals surface area (Å²) in [6, 6.07) is 16.3. The van der Waals surface area contributed by atoms with Crippen LogP contribution in [-0.4, -0.2) is 153 Å². The third-order valence-electron chi connectivity index (χ3n) is 15.0. The Morgan fingerprint density at radius 1 is 0.768 bits per heavy atom. The Morgan fingerprint density at radius 2 is 1.35 bits per heavy atom. The van der Waals surface area contributed by atoms with Crippen molar-refractivity contribution in [2.75, 3.05) is 28.3 Å². The number of ether oxygens (including phenoxy) is 10. The van der Waals surface area contributed by atoms with Crippen molar-refractivity contribution in [2.45, 2.75) is 179 Å². The molecule has 0 aromatic heterocycles. The van der Waals surface area contributed by atoms with Crippen LogP contribution in [0.1, 0.15) is 109 Å². The number of methoxy groups -OCH3 is 2. The number of amides is 1. The summed E-state index contributed by atoms with van der Waals surface area (Å²) < 4.78 is 64.7. The molecule has 0 bridgehead atoms. The van der Waals surface area contributed by atoms with Gasteiger partial charge >= 0.3 is 24.0 Å². The van der Waals surface area contributed by atoms with Gasteiger partial charge in [0.15, 0.2) is 24.8 Å². The van der Waals surface area contributed by atoms with Crippen LogP contribution in [0.2, 0.25) is 0 Å². The molecule has 1 amide bonds. The first kappa shape index (κ1) is 54.1. The normalized spacial score (nSPS) is 40.1. The van der Waals surface area contributed by atoms with Crippen LogP contribution in [0, 0.1) is 23.7 Å². The lowest BCUT2D eigenvalue weighted by atomic mass is 9.74. The zero-order valence-corrected chi connectivity index (χ0v) is 42.5. The van der Waals surface area contributed by atoms with Crippen molar-refractivity contribution in [1.82, 2.24) is 10.2 Å². The number of carbonyl (C=O) groups excluding carboxylic acids is 4. The van der Waals surface area contributed by atoms with Gasteiger partial charge in [-0.2, -0.15) is 0 Å². The first-order valence-corrected chi connectivity index (χ1v) is 24.4. The third kappa shape index (κ3) is 12.1. The number of aliphatic hydroxyl groups excluding tert-OH is 1. The van der Waals surface area contributed by atoms with Gasteiger partial charge in [0.1, 0.15) is 23.9 Å². The van der Waals surface area contributed by atoms with Crippen molar-refractivity contribution in [2.24, 2.45) is 23.7 Å². The smallest absolute Gasteiger partial charge is 0.407 e. The number of aliphatic hydroxyl groups is 1. The maximum absolute atomic E-state index is 14.8. The molecule has 2 aromatic rings. The second-order valence-corrected chi connectivity index (χ2v) is 20.3. The van der Waals surface area contributed by atoms with Crippen LogP contribution in [-0.2, 0) is 52.2 Å². The first-order chi connectivity index (χ1) is 32.6. The minimum atomic E-state index is -1.27. The SMILES string of the molecule is CC[C@H]1OC(=O)[C@H](C)[C@@H](OC2C[C@@](C)(OC)[C@@H](OC(=O)c3ccccc3)[C@H](C)O2)[C@H](C)[C@@H](OC2O[C@H](C)C[C@H](N(C)C)[C@H]2OC(=O)c2ccccc2)[C@](C)(OC)C[C@@H](C)[C@H](O)[C@H](C)[C@H]2OC(=O)N[C@H]21. The van der Waals surface area contributed by atoms with Crippen molar-refractivity contribution in [1.29, 1.82) is 0 Å². The van der Waals surface area contributed by atoms with E-state index in [0.29, 0.717) is 24.0 Å². The number of esters is 3. The number of alkyl carbamates (subject to hydrolysis) is 1. The summed E-state index contributed by atoms with van der Waals surface area (Å²) in [5.41, 5.74) is -1.66. The number of benzene rings is 2. The van der Waals surface area contributed by atoms with Gasteiger partial charge in [0.25, 0.3) is 0 Å². The van der Waals surface area contributed by atoms with E-state index < -0.39 is 126 Å². The van der Waals surface area contributed by atoms with Crippen LogP contribution >= 0.6 is 0 Å². The third-order valence-corrected chi connectivity index (χ3v) is 15.0. The molecule has 2 aromatic carbocycles. The van der Waals surface area contributed by atoms with E-state index in [-0.39, 0.29) is 25.0 Å². The predicted molar refractivity (Wildman–Crippen MR) is 252 cm³/mol. The number of hydrogen-bond donors (Lipinski definition) is 2. The molecule has 4 aliphatic rings. The maximum Gasteiger partial charge on any atom is 0.407 e. The highest BCUT2D eigenvalue weighted by molar-refractivity contribution is 5.90. The fraction of sp³-hybridized carbons (Fsp3) is 0.692. The number of fused-ring (bicyclic) bond motifs is 1. The van der Waals surface area contributed by atoms with E-state index >= 15 is 0 Å². The lowest BCUT2D eigenvalue weighted by molar-refractivity contribution is -0.319. The fourth-order valence-corrected chi connectivity index (χ4v) is 10.9. The molecule has 0 saturated carbocycles. The largest absolute Gasteiger partial charge is 0.460 e. The van der Waals surface area contributed by atoms with Gasteiger partial charge in [0.05, 0.1) is 59.2 Å². The highest BCUT2D eigenvalue weighted by atomic mass is 16.7. The highest BCUT2D eigenvalue weighted by Gasteiger charge is 2.55. The molecule has 2 N–H and O–H groups in total. The molecule has 4 fully saturated rings. The number of carbonyl (C=O) groups is 4. The Hall–Kier alpha value is -4.20. The second kappa shape index (κ2) is 22.9. The monoisotopic (exact) mass is 969 g/mol. The van der Waals surface area contributed by atoms with Crippen LogP contribution in [0.4, 0.5) is 4.79 Å². The molecular formula is C52H76N2O15. The van der Waals surface area contributed by atoms with E-state index in [2.05, 4.69) is 5.32 Å². The van der Waals surface area contributed by atoms with Crippen LogP contribution in [0.3, 0.4) is 0 Å². The van der Waals surface area contributed by atoms with E-state index in [1.165, 1.54) is 7.11 Å². The van der Waals surface area contributed by atoms with E-state index in [4.69, 9.17) is 47.4 Å². The average Bonchev–Trinajstić information content (AvgIpc) is 3.73. The van der Waals surface area contributed by atoms with Crippen LogP contribution in [0.15, 0.2) is 60.7 Å². The molecule has 0 spiro atoms. The molecule has 384 valence electrons. The summed E-state index contributed by atoms with van der Waals surface area (Å²) in [5.74, 6) is -4.61. The number of rotatable bonds is 12. The van der Waals surface area contributed by atoms with Gasteiger partial charge in [-0.05, 0) is 98.2 Å². The van der Waals surface area contributed by atoms with E-state index in [1.54, 1.807) is 69.5 Å². The summed E-state index contributed by atoms with van der Waals surface area (Å²) in [7, 11) is 6.90. The predicted octanol–water partition coefficient (Wildman–Crippen LogP) is 6.33. The van der Waals surface area contributed by atoms with Gasteiger partial charge < -0.3 is 62.7 Å². The maximum atomic E-state index is 14.8. The molecule has 6 rings (SSSR count). The zero-order chi connectivity index (χ0) is 50.5. The lowest BCUT2D eigenvalue weighted by Gasteiger charge is -2.50. The molecule has 17 nitrogen and oxygen atoms in total. The quantitative estimate of drug-likeness (QED) is 0.177. The van der Waals surface area contributed by atoms with Crippen LogP contribution in [0.25, 0.3) is 0 Å². The summed E-state index contributed by atoms with van der Waals surface area (Å²) in [5, 5.41) is 15.0. The Bertz CT molecular complexity index is 2030. The summed E-state index contributed by atoms with van der Waals surface area (Å²) in [4.78, 5) is 56.9. The molecule has 4 heterocycles. The van der Waals surface area contributed by atoms with Crippen molar-refractivity contribution in [3.8, 4) is 0 Å². The van der Waals surface area contributed by atoms with Gasteiger partial charge in [-0.25, -0.2) is 14.4 Å². The summed E-state index contributed by atoms with van der Waals surface area (Å²) in [6.07, 6.45) is -9.39. The van der Waals surface area contributed by atoms with Gasteiger partial charge in [0.2, 0.25) is 0 Å². The molecule has 19 atom stereocenters. The number of nitrogens with zero attached hydrogens (tertiary/aromatic N) is 1. The van der Waals surface area contributed by atoms with E-state index in [1.807, 2.05) is 79.6 Å². The summed E-state index contributed by atoms with van der Waals surface area (Å²) >= 11 is 0. The highest BCUT2D eigenvalue weighted by Crippen LogP contribution is 2.43. The zero-order valence-electron chi connectivity index (χ0n) is 42.5. The lowest BCUT2D eigenvalue weighted by Crippen LogP contribution is -2.62. The van der Waals surface area contributed by atoms with Crippen LogP contribution < -0.4 is 5.32 Å². The Balaban J connectivity index is 1.43. The average molecular weight is 969 g/mol. The van der Waals surface area contributed by atoms with Crippen molar-refractivity contribution in [3.05, 3.63) is 71.8 Å². The molecule has 69 heavy (non-hydrogen) atoms. The van der Waals surface area contributed by atoms with Crippen molar-refractivity contribution in [3.63, 3.8) is 0 Å². The molecular weight excluding hydrogens is 893 g/mol. The van der Waals surface area contributed by atoms with E-state index in [9.17, 15) is 24.3 Å². The molecule has 17 heteroatoms. The fourth-order valence-electron chi connectivity index (χ4n) is 10.9. The van der Waals surface area contributed by atoms with E-state index in [0.717, 1.165) is 0 Å². The molecule has 0 radical (unpaired) electrons. The summed E-state index contributed by atoms with van der Waals surface area (Å²) in [6.45, 7) is 16.5. The number of nitrogens with one attached hydrogen (secondary N) is 1. The Kier molecular flexibility index (Phi) is 18.0. The first-order valence-electron chi connectivity index (χ1n) is 24.4. The number of likely N-dealkylation sites (N-methyl/N-ethyl adjacent to an activating group) is 1. The number of cyclic esters (lactones) is 1. The minimum Gasteiger partial charge on any atom is -0.460 e. The Morgan fingerprint density at radius 3 is 1.91 bits per heavy atom. The van der Waals surface area contributed by atoms with Crippen molar-refractivity contribution < 1.29 is 71.7 Å². The topological polar surface area (TPSA) is 196 Å². The van der Waals surface area contributed by atoms with Gasteiger partial charge in [-0.15, -0.1) is 0 Å². The number of hydrogen-bond acceptors (Lipinski definition) is 16. The van der Waals surface area contributed by atoms with Crippen molar-refractivity contribution >= 4 is 24.0 Å². The van der Waals surface area contributed by atoms with Crippen LogP contribution in [0.5, 0.6) is 0 Å². The van der Waals surface area contributed by atoms with Gasteiger partial charge in [-0.3, -0.25) is 4.79 Å². The standard InChI is InChI=1S/C52H76N2O15/c1-14-37-39-42(67-50(59)53-39)30(4)40(55)28(2)26-51(8,60-12)44(69-49-43(36(54(10)11)25-29(3)62-49)66-47(57)34-21-17-15-18-22-34)31(5)41(32(6)46(56)64-37)65-38-27-52(9,61-13)45(33(7)63-38)68-48(58)35-23-19-16-20-24-35/h15-24,28-33,36-45,49,55H,14,25-27H2,1-13H3,(H,53,59)/t28-,29-,30+,31+,32-,33+,36+,37-,38?,39+,40+,41+,42-,43-,44-,45+,49?,51-,52-/m1/s1. The molecule has 2 unspecified atom stereocenters. The van der Waals surface area contributed by atoms with Gasteiger partial charge in [0, 0.05) is 32.5 Å². The molecule has 4 saturated heterocycles. The van der Waals surface area contributed by atoms with Gasteiger partial charge in [-0.1, -0.05) is 64.1 Å². The Labute approximate surface area is 407 Å². The molecule has 4 aliphatic heterocycles.